The summed E-state index contributed by atoms with van der Waals surface area (Å²) in [6, 6.07) is 3.62. The predicted octanol–water partition coefficient (Wildman–Crippen LogP) is 2.82. The lowest BCUT2D eigenvalue weighted by molar-refractivity contribution is -0.144. The molecule has 1 aromatic carbocycles. The van der Waals surface area contributed by atoms with Crippen LogP contribution in [-0.4, -0.2) is 172 Å². The highest BCUT2D eigenvalue weighted by Gasteiger charge is 2.28. The van der Waals surface area contributed by atoms with E-state index in [9.17, 15) is 19.5 Å². The number of ether oxygens (including phenoxy) is 8. The summed E-state index contributed by atoms with van der Waals surface area (Å²) in [6.07, 6.45) is 1.39. The minimum absolute atomic E-state index is 0.0283. The largest absolute Gasteiger partial charge is 0.497 e. The minimum Gasteiger partial charge on any atom is -0.497 e. The number of allylic oxidation sites excluding steroid dienone is 1. The number of hydrogen-bond acceptors (Lipinski definition) is 12. The quantitative estimate of drug-likeness (QED) is 0.129. The maximum atomic E-state index is 12.5. The number of methoxy groups -OCH3 is 4. The molecule has 0 saturated heterocycles. The van der Waals surface area contributed by atoms with Gasteiger partial charge in [-0.05, 0) is 35.8 Å². The summed E-state index contributed by atoms with van der Waals surface area (Å²) >= 11 is 0. The summed E-state index contributed by atoms with van der Waals surface area (Å²) < 4.78 is 45.4. The molecule has 0 saturated carbocycles. The molecule has 0 radical (unpaired) electrons. The van der Waals surface area contributed by atoms with E-state index >= 15 is 0 Å². The van der Waals surface area contributed by atoms with Crippen LogP contribution in [0.15, 0.2) is 29.5 Å². The van der Waals surface area contributed by atoms with Crippen molar-refractivity contribution in [1.82, 2.24) is 19.6 Å². The lowest BCUT2D eigenvalue weighted by atomic mass is 9.84. The molecule has 1 aliphatic carbocycles. The Morgan fingerprint density at radius 2 is 1.34 bits per heavy atom. The molecule has 2 rings (SSSR count). The van der Waals surface area contributed by atoms with Gasteiger partial charge in [-0.2, -0.15) is 0 Å². The van der Waals surface area contributed by atoms with Crippen LogP contribution in [0.2, 0.25) is 0 Å². The molecular weight excluding hydrogens is 692 g/mol. The lowest BCUT2D eigenvalue weighted by Crippen LogP contribution is -2.38. The van der Waals surface area contributed by atoms with E-state index in [2.05, 4.69) is 0 Å². The van der Waals surface area contributed by atoms with E-state index in [1.54, 1.807) is 70.7 Å². The molecule has 0 aromatic heterocycles. The minimum atomic E-state index is -1.23. The molecular formula is C37H60N4O12. The Morgan fingerprint density at radius 1 is 0.774 bits per heavy atom. The van der Waals surface area contributed by atoms with Crippen molar-refractivity contribution in [1.29, 1.82) is 0 Å². The van der Waals surface area contributed by atoms with Gasteiger partial charge in [-0.15, -0.1) is 0 Å². The fourth-order valence-corrected chi connectivity index (χ4v) is 5.64. The molecule has 1 aromatic rings. The number of aliphatic hydroxyl groups excluding tert-OH is 1. The van der Waals surface area contributed by atoms with Crippen molar-refractivity contribution >= 4 is 23.6 Å². The molecule has 2 atom stereocenters. The summed E-state index contributed by atoms with van der Waals surface area (Å²) in [5.41, 5.74) is 4.23. The first-order chi connectivity index (χ1) is 25.3. The standard InChI is InChI=1S/C37H60N4O12/c1-38(2)36(44)40(5)12-15-50-32(42)11-14-52-34-28(21-46-7)17-26(18-29(34)22-47-8)27-19-30(23-48-9)35(31(20-27)24-49-10)53-25-33(43)51-16-13-41(6)37(45)39(3)4/h17,19-20,29,33,43H,11-16,18,21-25H2,1-10H3. The van der Waals surface area contributed by atoms with Gasteiger partial charge in [-0.1, -0.05) is 0 Å². The molecule has 16 heteroatoms. The molecule has 16 nitrogen and oxygen atoms in total. The number of carbonyl (C=O) groups is 3. The number of rotatable bonds is 23. The van der Waals surface area contributed by atoms with Crippen molar-refractivity contribution in [2.75, 3.05) is 123 Å². The van der Waals surface area contributed by atoms with Crippen molar-refractivity contribution in [3.05, 3.63) is 46.2 Å². The van der Waals surface area contributed by atoms with E-state index < -0.39 is 12.3 Å². The smallest absolute Gasteiger partial charge is 0.319 e. The summed E-state index contributed by atoms with van der Waals surface area (Å²) in [6.45, 7) is 1.82. The van der Waals surface area contributed by atoms with Crippen LogP contribution in [0.5, 0.6) is 5.75 Å². The molecule has 300 valence electrons. The topological polar surface area (TPSA) is 158 Å². The van der Waals surface area contributed by atoms with Gasteiger partial charge in [0, 0.05) is 99.9 Å². The molecule has 0 heterocycles. The Labute approximate surface area is 314 Å². The van der Waals surface area contributed by atoms with Gasteiger partial charge >= 0.3 is 18.0 Å². The number of hydrogen-bond donors (Lipinski definition) is 1. The third kappa shape index (κ3) is 14.8. The SMILES string of the molecule is COCC1=C(OCCC(=O)OCCN(C)C(=O)N(C)C)C(COC)CC(c2cc(COC)c(OCC(O)OCCN(C)C(=O)N(C)C)c(COC)c2)=C1. The van der Waals surface area contributed by atoms with Gasteiger partial charge in [0.15, 0.2) is 6.29 Å². The van der Waals surface area contributed by atoms with Crippen LogP contribution in [-0.2, 0) is 51.2 Å². The van der Waals surface area contributed by atoms with Gasteiger partial charge in [0.05, 0.1) is 52.6 Å². The van der Waals surface area contributed by atoms with Crippen LogP contribution < -0.4 is 4.74 Å². The van der Waals surface area contributed by atoms with Gasteiger partial charge in [0.1, 0.15) is 24.7 Å². The molecule has 1 aliphatic rings. The zero-order chi connectivity index (χ0) is 39.5. The summed E-state index contributed by atoms with van der Waals surface area (Å²) in [4.78, 5) is 42.4. The molecule has 0 spiro atoms. The van der Waals surface area contributed by atoms with Crippen LogP contribution in [0.25, 0.3) is 5.57 Å². The van der Waals surface area contributed by atoms with Gasteiger partial charge in [0.2, 0.25) is 0 Å². The molecule has 53 heavy (non-hydrogen) atoms. The number of carbonyl (C=O) groups excluding carboxylic acids is 3. The maximum Gasteiger partial charge on any atom is 0.319 e. The fraction of sp³-hybridized carbons (Fsp3) is 0.649. The Hall–Kier alpha value is -3.93. The maximum absolute atomic E-state index is 12.5. The summed E-state index contributed by atoms with van der Waals surface area (Å²) in [7, 11) is 16.4. The van der Waals surface area contributed by atoms with Crippen molar-refractivity contribution in [3.8, 4) is 5.75 Å². The lowest BCUT2D eigenvalue weighted by Gasteiger charge is -2.29. The van der Waals surface area contributed by atoms with Crippen LogP contribution in [0.4, 0.5) is 9.59 Å². The molecule has 2 unspecified atom stereocenters. The second-order valence-electron chi connectivity index (χ2n) is 13.0. The van der Waals surface area contributed by atoms with Crippen molar-refractivity contribution in [2.45, 2.75) is 32.3 Å². The summed E-state index contributed by atoms with van der Waals surface area (Å²) in [5, 5.41) is 10.5. The zero-order valence-corrected chi connectivity index (χ0v) is 33.1. The summed E-state index contributed by atoms with van der Waals surface area (Å²) in [5.74, 6) is 0.604. The molecule has 4 amide bonds. The number of esters is 1. The van der Waals surface area contributed by atoms with Gasteiger partial charge < -0.3 is 62.6 Å². The third-order valence-corrected chi connectivity index (χ3v) is 8.16. The number of urea groups is 2. The Balaban J connectivity index is 2.25. The van der Waals surface area contributed by atoms with Crippen molar-refractivity contribution in [2.24, 2.45) is 5.92 Å². The van der Waals surface area contributed by atoms with Crippen LogP contribution in [0.3, 0.4) is 0 Å². The van der Waals surface area contributed by atoms with E-state index in [1.165, 1.54) is 19.6 Å². The molecule has 0 aliphatic heterocycles. The van der Waals surface area contributed by atoms with E-state index in [0.29, 0.717) is 31.1 Å². The molecule has 0 fully saturated rings. The number of likely N-dealkylation sites (N-methyl/N-ethyl adjacent to an activating group) is 2. The first-order valence-corrected chi connectivity index (χ1v) is 17.4. The molecule has 0 bridgehead atoms. The van der Waals surface area contributed by atoms with E-state index in [-0.39, 0.29) is 77.2 Å². The number of nitrogens with zero attached hydrogens (tertiary/aromatic N) is 4. The van der Waals surface area contributed by atoms with Crippen LogP contribution in [0.1, 0.15) is 29.5 Å². The van der Waals surface area contributed by atoms with Gasteiger partial charge in [-0.25, -0.2) is 9.59 Å². The van der Waals surface area contributed by atoms with Gasteiger partial charge in [-0.3, -0.25) is 4.79 Å². The fourth-order valence-electron chi connectivity index (χ4n) is 5.64. The van der Waals surface area contributed by atoms with Crippen LogP contribution in [0, 0.1) is 5.92 Å². The highest BCUT2D eigenvalue weighted by Crippen LogP contribution is 2.39. The first-order valence-electron chi connectivity index (χ1n) is 17.4. The first kappa shape index (κ1) is 45.2. The Kier molecular flexibility index (Phi) is 20.2. The monoisotopic (exact) mass is 752 g/mol. The second-order valence-corrected chi connectivity index (χ2v) is 13.0. The van der Waals surface area contributed by atoms with Crippen molar-refractivity contribution < 1.29 is 57.4 Å². The van der Waals surface area contributed by atoms with E-state index in [0.717, 1.165) is 27.8 Å². The predicted molar refractivity (Wildman–Crippen MR) is 197 cm³/mol. The number of amides is 4. The average molecular weight is 753 g/mol. The normalized spacial score (nSPS) is 14.7. The number of benzene rings is 1. The zero-order valence-electron chi connectivity index (χ0n) is 33.1. The van der Waals surface area contributed by atoms with E-state index in [1.807, 2.05) is 18.2 Å². The average Bonchev–Trinajstić information content (AvgIpc) is 3.11. The third-order valence-electron chi connectivity index (χ3n) is 8.16. The highest BCUT2D eigenvalue weighted by molar-refractivity contribution is 5.74. The van der Waals surface area contributed by atoms with Crippen molar-refractivity contribution in [3.63, 3.8) is 0 Å². The van der Waals surface area contributed by atoms with Gasteiger partial charge in [0.25, 0.3) is 0 Å². The highest BCUT2D eigenvalue weighted by atomic mass is 16.6. The second kappa shape index (κ2) is 23.7. The van der Waals surface area contributed by atoms with E-state index in [4.69, 9.17) is 37.9 Å². The Bertz CT molecular complexity index is 1360. The van der Waals surface area contributed by atoms with Crippen LogP contribution >= 0.6 is 0 Å². The molecule has 1 N–H and O–H groups in total. The number of aliphatic hydroxyl groups is 1. The Morgan fingerprint density at radius 3 is 1.87 bits per heavy atom.